The Morgan fingerprint density at radius 3 is 2.72 bits per heavy atom. The molecule has 98 valence electrons. The molecule has 1 aromatic carbocycles. The van der Waals surface area contributed by atoms with Gasteiger partial charge >= 0.3 is 0 Å². The van der Waals surface area contributed by atoms with Gasteiger partial charge in [-0.1, -0.05) is 23.8 Å². The van der Waals surface area contributed by atoms with Gasteiger partial charge in [-0.2, -0.15) is 0 Å². The van der Waals surface area contributed by atoms with Gasteiger partial charge in [0.15, 0.2) is 0 Å². The van der Waals surface area contributed by atoms with E-state index in [9.17, 15) is 0 Å². The molecule has 2 nitrogen and oxygen atoms in total. The summed E-state index contributed by atoms with van der Waals surface area (Å²) in [6.45, 7) is 2.08. The van der Waals surface area contributed by atoms with Crippen LogP contribution in [0.3, 0.4) is 0 Å². The molecule has 0 bridgehead atoms. The summed E-state index contributed by atoms with van der Waals surface area (Å²) in [5.74, 6) is 0.976. The second-order valence-corrected chi connectivity index (χ2v) is 4.98. The van der Waals surface area contributed by atoms with Gasteiger partial charge in [0.2, 0.25) is 0 Å². The van der Waals surface area contributed by atoms with Gasteiger partial charge in [-0.3, -0.25) is 0 Å². The van der Waals surface area contributed by atoms with Crippen molar-refractivity contribution in [1.29, 1.82) is 0 Å². The number of nitrogens with one attached hydrogen (secondary N) is 1. The molecule has 1 aliphatic rings. The number of aryl methyl sites for hydroxylation is 1. The second kappa shape index (κ2) is 6.05. The van der Waals surface area contributed by atoms with Crippen LogP contribution < -0.4 is 10.1 Å². The molecule has 1 aromatic rings. The quantitative estimate of drug-likeness (QED) is 0.815. The summed E-state index contributed by atoms with van der Waals surface area (Å²) in [5.41, 5.74) is 4.01. The number of methoxy groups -OCH3 is 1. The van der Waals surface area contributed by atoms with Gasteiger partial charge in [-0.05, 0) is 56.8 Å². The van der Waals surface area contributed by atoms with Crippen LogP contribution in [0.5, 0.6) is 5.75 Å². The zero-order chi connectivity index (χ0) is 13.0. The van der Waals surface area contributed by atoms with E-state index in [1.165, 1.54) is 42.4 Å². The molecule has 0 fully saturated rings. The van der Waals surface area contributed by atoms with Crippen LogP contribution in [0.4, 0.5) is 0 Å². The lowest BCUT2D eigenvalue weighted by atomic mass is 9.89. The van der Waals surface area contributed by atoms with Crippen LogP contribution in [-0.4, -0.2) is 14.2 Å². The monoisotopic (exact) mass is 245 g/mol. The molecule has 0 aromatic heterocycles. The largest absolute Gasteiger partial charge is 0.496 e. The topological polar surface area (TPSA) is 21.3 Å². The smallest absolute Gasteiger partial charge is 0.122 e. The maximum Gasteiger partial charge on any atom is 0.122 e. The van der Waals surface area contributed by atoms with Gasteiger partial charge in [0, 0.05) is 0 Å². The van der Waals surface area contributed by atoms with Gasteiger partial charge in [0.25, 0.3) is 0 Å². The van der Waals surface area contributed by atoms with Crippen molar-refractivity contribution in [1.82, 2.24) is 5.32 Å². The van der Waals surface area contributed by atoms with Crippen LogP contribution in [0, 0.1) is 6.92 Å². The minimum atomic E-state index is 0.333. The lowest BCUT2D eigenvalue weighted by Gasteiger charge is -2.24. The molecule has 0 spiro atoms. The standard InChI is InChI=1S/C16H23NO/c1-12-9-10-14(11-15(12)18-3)16(17-2)13-7-5-4-6-8-13/h7,9-11,16-17H,4-6,8H2,1-3H3. The molecule has 1 atom stereocenters. The molecule has 0 saturated heterocycles. The predicted octanol–water partition coefficient (Wildman–Crippen LogP) is 3.76. The van der Waals surface area contributed by atoms with Crippen molar-refractivity contribution in [3.63, 3.8) is 0 Å². The van der Waals surface area contributed by atoms with E-state index in [2.05, 4.69) is 36.5 Å². The molecular weight excluding hydrogens is 222 g/mol. The van der Waals surface area contributed by atoms with Gasteiger partial charge in [0.05, 0.1) is 13.2 Å². The SMILES string of the molecule is CNC(C1=CCCCC1)c1ccc(C)c(OC)c1. The number of benzene rings is 1. The Morgan fingerprint density at radius 2 is 2.11 bits per heavy atom. The highest BCUT2D eigenvalue weighted by Gasteiger charge is 2.17. The van der Waals surface area contributed by atoms with Crippen LogP contribution in [0.1, 0.15) is 42.9 Å². The number of ether oxygens (including phenoxy) is 1. The van der Waals surface area contributed by atoms with E-state index in [0.29, 0.717) is 6.04 Å². The summed E-state index contributed by atoms with van der Waals surface area (Å²) in [4.78, 5) is 0. The fraction of sp³-hybridized carbons (Fsp3) is 0.500. The first-order chi connectivity index (χ1) is 8.76. The third kappa shape index (κ3) is 2.75. The maximum absolute atomic E-state index is 5.42. The molecule has 1 N–H and O–H groups in total. The summed E-state index contributed by atoms with van der Waals surface area (Å²) in [5, 5.41) is 3.43. The zero-order valence-corrected chi connectivity index (χ0v) is 11.6. The van der Waals surface area contributed by atoms with E-state index < -0.39 is 0 Å². The Balaban J connectivity index is 2.29. The molecule has 1 aliphatic carbocycles. The molecule has 2 rings (SSSR count). The number of likely N-dealkylation sites (N-methyl/N-ethyl adjacent to an activating group) is 1. The number of rotatable bonds is 4. The van der Waals surface area contributed by atoms with Crippen molar-refractivity contribution in [2.24, 2.45) is 0 Å². The third-order valence-corrected chi connectivity index (χ3v) is 3.75. The van der Waals surface area contributed by atoms with Crippen LogP contribution in [0.25, 0.3) is 0 Å². The molecular formula is C16H23NO. The van der Waals surface area contributed by atoms with Gasteiger partial charge in [0.1, 0.15) is 5.75 Å². The summed E-state index contributed by atoms with van der Waals surface area (Å²) >= 11 is 0. The van der Waals surface area contributed by atoms with Crippen molar-refractivity contribution < 1.29 is 4.74 Å². The molecule has 1 unspecified atom stereocenters. The van der Waals surface area contributed by atoms with Crippen molar-refractivity contribution >= 4 is 0 Å². The van der Waals surface area contributed by atoms with E-state index in [1.54, 1.807) is 7.11 Å². The highest BCUT2D eigenvalue weighted by Crippen LogP contribution is 2.32. The summed E-state index contributed by atoms with van der Waals surface area (Å²) in [6.07, 6.45) is 7.47. The molecule has 0 radical (unpaired) electrons. The summed E-state index contributed by atoms with van der Waals surface area (Å²) in [7, 11) is 3.77. The number of hydrogen-bond acceptors (Lipinski definition) is 2. The minimum absolute atomic E-state index is 0.333. The van der Waals surface area contributed by atoms with E-state index in [0.717, 1.165) is 5.75 Å². The van der Waals surface area contributed by atoms with Crippen LogP contribution in [0.2, 0.25) is 0 Å². The van der Waals surface area contributed by atoms with Gasteiger partial charge in [-0.25, -0.2) is 0 Å². The van der Waals surface area contributed by atoms with E-state index in [-0.39, 0.29) is 0 Å². The predicted molar refractivity (Wildman–Crippen MR) is 76.1 cm³/mol. The van der Waals surface area contributed by atoms with E-state index in [1.807, 2.05) is 7.05 Å². The lowest BCUT2D eigenvalue weighted by Crippen LogP contribution is -2.20. The Hall–Kier alpha value is -1.28. The first-order valence-electron chi connectivity index (χ1n) is 6.77. The molecule has 0 saturated carbocycles. The van der Waals surface area contributed by atoms with E-state index >= 15 is 0 Å². The van der Waals surface area contributed by atoms with Gasteiger partial charge < -0.3 is 10.1 Å². The Morgan fingerprint density at radius 1 is 1.28 bits per heavy atom. The first-order valence-corrected chi connectivity index (χ1v) is 6.77. The fourth-order valence-corrected chi connectivity index (χ4v) is 2.71. The van der Waals surface area contributed by atoms with Crippen molar-refractivity contribution in [3.05, 3.63) is 41.0 Å². The van der Waals surface area contributed by atoms with E-state index in [4.69, 9.17) is 4.74 Å². The van der Waals surface area contributed by atoms with Crippen LogP contribution in [-0.2, 0) is 0 Å². The third-order valence-electron chi connectivity index (χ3n) is 3.75. The minimum Gasteiger partial charge on any atom is -0.496 e. The van der Waals surface area contributed by atoms with Crippen LogP contribution in [0.15, 0.2) is 29.8 Å². The zero-order valence-electron chi connectivity index (χ0n) is 11.6. The molecule has 0 aliphatic heterocycles. The van der Waals surface area contributed by atoms with Crippen molar-refractivity contribution in [2.75, 3.05) is 14.2 Å². The normalized spacial score (nSPS) is 17.2. The average molecular weight is 245 g/mol. The Labute approximate surface area is 110 Å². The lowest BCUT2D eigenvalue weighted by molar-refractivity contribution is 0.410. The number of hydrogen-bond donors (Lipinski definition) is 1. The molecule has 18 heavy (non-hydrogen) atoms. The second-order valence-electron chi connectivity index (χ2n) is 4.98. The van der Waals surface area contributed by atoms with Gasteiger partial charge in [-0.15, -0.1) is 0 Å². The summed E-state index contributed by atoms with van der Waals surface area (Å²) in [6, 6.07) is 6.84. The van der Waals surface area contributed by atoms with Crippen molar-refractivity contribution in [2.45, 2.75) is 38.6 Å². The number of allylic oxidation sites excluding steroid dienone is 1. The Kier molecular flexibility index (Phi) is 4.43. The highest BCUT2D eigenvalue weighted by atomic mass is 16.5. The maximum atomic E-state index is 5.42. The molecule has 0 heterocycles. The first kappa shape index (κ1) is 13.2. The fourth-order valence-electron chi connectivity index (χ4n) is 2.71. The van der Waals surface area contributed by atoms with Crippen LogP contribution >= 0.6 is 0 Å². The molecule has 0 amide bonds. The highest BCUT2D eigenvalue weighted by molar-refractivity contribution is 5.40. The Bertz CT molecular complexity index is 437. The molecule has 2 heteroatoms. The summed E-state index contributed by atoms with van der Waals surface area (Å²) < 4.78 is 5.42. The average Bonchev–Trinajstić information content (AvgIpc) is 2.42. The van der Waals surface area contributed by atoms with Crippen molar-refractivity contribution in [3.8, 4) is 5.75 Å².